The first-order valence-corrected chi connectivity index (χ1v) is 9.76. The van der Waals surface area contributed by atoms with E-state index in [0.29, 0.717) is 18.0 Å². The van der Waals surface area contributed by atoms with Crippen LogP contribution in [-0.4, -0.2) is 11.7 Å². The van der Waals surface area contributed by atoms with Crippen molar-refractivity contribution >= 4 is 17.3 Å². The zero-order valence-electron chi connectivity index (χ0n) is 16.4. The van der Waals surface area contributed by atoms with E-state index in [1.165, 1.54) is 12.1 Å². The summed E-state index contributed by atoms with van der Waals surface area (Å²) in [4.78, 5) is 0. The van der Waals surface area contributed by atoms with Gasteiger partial charge >= 0.3 is 57.6 Å². The van der Waals surface area contributed by atoms with Gasteiger partial charge < -0.3 is 11.1 Å². The predicted molar refractivity (Wildman–Crippen MR) is 108 cm³/mol. The molecule has 29 heavy (non-hydrogen) atoms. The summed E-state index contributed by atoms with van der Waals surface area (Å²) in [5, 5.41) is 3.25. The molecule has 1 aliphatic rings. The predicted octanol–water partition coefficient (Wildman–Crippen LogP) is 2.10. The number of nitrogens with one attached hydrogen (secondary N) is 1. The number of thiocarbonyl (C=S) groups is 1. The van der Waals surface area contributed by atoms with Crippen LogP contribution in [0.25, 0.3) is 0 Å². The van der Waals surface area contributed by atoms with Gasteiger partial charge in [0.2, 0.25) is 0 Å². The second kappa shape index (κ2) is 11.2. The molecule has 2 nitrogen and oxygen atoms in total. The van der Waals surface area contributed by atoms with Crippen LogP contribution >= 0.6 is 12.2 Å². The van der Waals surface area contributed by atoms with E-state index >= 15 is 0 Å². The summed E-state index contributed by atoms with van der Waals surface area (Å²) in [5.41, 5.74) is 6.62. The van der Waals surface area contributed by atoms with Crippen molar-refractivity contribution in [3.05, 3.63) is 77.7 Å². The van der Waals surface area contributed by atoms with E-state index < -0.39 is 11.7 Å². The molecule has 0 aromatic heterocycles. The standard InChI is InChI=1S/C22H23F3N2S.K/c23-22(24,25)19-8-4-7-17(13-19)20-12-16(14-27-21(26)28)9-10-18(20)11-15-5-2-1-3-6-15;/h1-6,8,11,13,16,18,20H,9-10,12,14H2,(H3,26,27,28);/q-2;+1. The number of benzene rings is 2. The summed E-state index contributed by atoms with van der Waals surface area (Å²) in [5.74, 6) is 0.424. The molecule has 3 N–H and O–H groups in total. The third-order valence-electron chi connectivity index (χ3n) is 5.33. The van der Waals surface area contributed by atoms with Crippen LogP contribution in [0.2, 0.25) is 0 Å². The molecule has 0 bridgehead atoms. The third-order valence-corrected chi connectivity index (χ3v) is 5.48. The smallest absolute Gasteiger partial charge is 0.376 e. The van der Waals surface area contributed by atoms with E-state index in [9.17, 15) is 13.2 Å². The molecular formula is C22H23F3KN2S-. The second-order valence-corrected chi connectivity index (χ2v) is 7.74. The van der Waals surface area contributed by atoms with E-state index in [2.05, 4.69) is 17.8 Å². The van der Waals surface area contributed by atoms with Crippen molar-refractivity contribution in [1.29, 1.82) is 0 Å². The van der Waals surface area contributed by atoms with Gasteiger partial charge in [-0.15, -0.1) is 12.1 Å². The Morgan fingerprint density at radius 3 is 2.59 bits per heavy atom. The fourth-order valence-corrected chi connectivity index (χ4v) is 4.04. The van der Waals surface area contributed by atoms with Gasteiger partial charge in [0.25, 0.3) is 0 Å². The quantitative estimate of drug-likeness (QED) is 0.422. The van der Waals surface area contributed by atoms with Gasteiger partial charge in [0.05, 0.1) is 0 Å². The van der Waals surface area contributed by atoms with Crippen LogP contribution in [-0.2, 0) is 6.18 Å². The molecule has 0 spiro atoms. The molecule has 3 rings (SSSR count). The molecule has 3 atom stereocenters. The van der Waals surface area contributed by atoms with E-state index in [-0.39, 0.29) is 68.3 Å². The van der Waals surface area contributed by atoms with Gasteiger partial charge in [0.1, 0.15) is 0 Å². The molecule has 0 radical (unpaired) electrons. The van der Waals surface area contributed by atoms with Gasteiger partial charge in [-0.3, -0.25) is 0 Å². The first-order valence-electron chi connectivity index (χ1n) is 9.35. The molecule has 1 aliphatic carbocycles. The maximum Gasteiger partial charge on any atom is 1.00 e. The van der Waals surface area contributed by atoms with Crippen molar-refractivity contribution in [2.45, 2.75) is 31.4 Å². The first kappa shape index (κ1) is 24.7. The Balaban J connectivity index is 0.00000300. The van der Waals surface area contributed by atoms with Gasteiger partial charge in [-0.25, -0.2) is 0 Å². The summed E-state index contributed by atoms with van der Waals surface area (Å²) in [7, 11) is 0. The topological polar surface area (TPSA) is 38.0 Å². The zero-order valence-corrected chi connectivity index (χ0v) is 20.3. The fourth-order valence-electron chi connectivity index (χ4n) is 3.96. The van der Waals surface area contributed by atoms with Crippen molar-refractivity contribution < 1.29 is 64.6 Å². The fraction of sp³-hybridized carbons (Fsp3) is 0.364. The van der Waals surface area contributed by atoms with Gasteiger partial charge in [-0.05, 0) is 36.9 Å². The van der Waals surface area contributed by atoms with Crippen molar-refractivity contribution in [1.82, 2.24) is 5.32 Å². The van der Waals surface area contributed by atoms with Gasteiger partial charge in [0, 0.05) is 6.54 Å². The van der Waals surface area contributed by atoms with Crippen LogP contribution in [0.3, 0.4) is 0 Å². The van der Waals surface area contributed by atoms with Crippen molar-refractivity contribution in [2.24, 2.45) is 17.6 Å². The first-order chi connectivity index (χ1) is 13.3. The molecule has 1 fully saturated rings. The van der Waals surface area contributed by atoms with Crippen molar-refractivity contribution in [3.8, 4) is 0 Å². The monoisotopic (exact) mass is 443 g/mol. The molecule has 2 aromatic carbocycles. The molecule has 3 unspecified atom stereocenters. The van der Waals surface area contributed by atoms with E-state index in [4.69, 9.17) is 18.0 Å². The minimum atomic E-state index is -4.36. The van der Waals surface area contributed by atoms with E-state index in [0.717, 1.165) is 30.9 Å². The molecule has 2 aromatic rings. The average molecular weight is 444 g/mol. The Morgan fingerprint density at radius 2 is 1.93 bits per heavy atom. The van der Waals surface area contributed by atoms with E-state index in [1.54, 1.807) is 0 Å². The van der Waals surface area contributed by atoms with Gasteiger partial charge in [0.15, 0.2) is 5.11 Å². The Labute approximate surface area is 218 Å². The summed E-state index contributed by atoms with van der Waals surface area (Å²) in [6.45, 7) is 0.642. The van der Waals surface area contributed by atoms with Crippen LogP contribution in [0.15, 0.2) is 48.5 Å². The second-order valence-electron chi connectivity index (χ2n) is 7.30. The minimum Gasteiger partial charge on any atom is -0.376 e. The summed E-state index contributed by atoms with van der Waals surface area (Å²) in [6, 6.07) is 16.7. The van der Waals surface area contributed by atoms with E-state index in [1.807, 2.05) is 30.3 Å². The van der Waals surface area contributed by atoms with Gasteiger partial charge in [-0.1, -0.05) is 24.0 Å². The normalized spacial score (nSPS) is 21.7. The molecule has 0 saturated heterocycles. The number of rotatable bonds is 5. The Morgan fingerprint density at radius 1 is 1.21 bits per heavy atom. The van der Waals surface area contributed by atoms with Crippen molar-refractivity contribution in [3.63, 3.8) is 0 Å². The van der Waals surface area contributed by atoms with Crippen molar-refractivity contribution in [2.75, 3.05) is 6.54 Å². The third kappa shape index (κ3) is 7.26. The Hall–Kier alpha value is -0.574. The Kier molecular flexibility index (Phi) is 9.50. The number of nitrogens with two attached hydrogens (primary N) is 1. The molecule has 0 amide bonds. The maximum atomic E-state index is 13.2. The maximum absolute atomic E-state index is 13.2. The van der Waals surface area contributed by atoms with Crippen LogP contribution in [0, 0.1) is 24.3 Å². The molecular weight excluding hydrogens is 420 g/mol. The van der Waals surface area contributed by atoms with Gasteiger partial charge in [-0.2, -0.15) is 67.1 Å². The molecule has 0 aliphatic heterocycles. The van der Waals surface area contributed by atoms with Crippen LogP contribution in [0.1, 0.15) is 41.9 Å². The summed E-state index contributed by atoms with van der Waals surface area (Å²) < 4.78 is 39.6. The molecule has 1 saturated carbocycles. The number of alkyl halides is 3. The summed E-state index contributed by atoms with van der Waals surface area (Å²) >= 11 is 4.88. The summed E-state index contributed by atoms with van der Waals surface area (Å²) in [6.07, 6.45) is 0.452. The average Bonchev–Trinajstić information content (AvgIpc) is 2.67. The largest absolute Gasteiger partial charge is 1.00 e. The Bertz CT molecular complexity index is 798. The van der Waals surface area contributed by atoms with Crippen LogP contribution < -0.4 is 62.4 Å². The number of hydrogen-bond donors (Lipinski definition) is 2. The van der Waals surface area contributed by atoms with Crippen LogP contribution in [0.4, 0.5) is 13.2 Å². The minimum absolute atomic E-state index is 0. The van der Waals surface area contributed by atoms with Crippen LogP contribution in [0.5, 0.6) is 0 Å². The SMILES string of the molecule is NC(=S)NCC1CCC([CH-]c2ccccc2)C(c2[c-]ccc(C(F)(F)F)c2)C1.[K+]. The molecule has 0 heterocycles. The number of halogens is 3. The molecule has 150 valence electrons. The zero-order chi connectivity index (χ0) is 20.1. The molecule has 7 heteroatoms. The number of hydrogen-bond acceptors (Lipinski definition) is 1.